The van der Waals surface area contributed by atoms with Gasteiger partial charge >= 0.3 is 0 Å². The Morgan fingerprint density at radius 1 is 1.67 bits per heavy atom. The summed E-state index contributed by atoms with van der Waals surface area (Å²) in [6, 6.07) is -0.673. The lowest BCUT2D eigenvalue weighted by Gasteiger charge is -2.43. The van der Waals surface area contributed by atoms with Gasteiger partial charge in [0, 0.05) is 13.3 Å². The van der Waals surface area contributed by atoms with Crippen molar-refractivity contribution in [3.8, 4) is 0 Å². The normalized spacial score (nSPS) is 41.3. The summed E-state index contributed by atoms with van der Waals surface area (Å²) in [7, 11) is 0. The SMILES string of the molecule is CC(=O)N[C@H]1C[C@H](O)[C@@H](CO)OC1(C)O. The minimum absolute atomic E-state index is 0.151. The van der Waals surface area contributed by atoms with E-state index in [0.717, 1.165) is 0 Å². The third kappa shape index (κ3) is 2.88. The van der Waals surface area contributed by atoms with Crippen molar-refractivity contribution in [2.24, 2.45) is 0 Å². The second kappa shape index (κ2) is 4.44. The minimum atomic E-state index is -1.57. The molecule has 1 amide bonds. The van der Waals surface area contributed by atoms with E-state index in [2.05, 4.69) is 5.32 Å². The van der Waals surface area contributed by atoms with Crippen molar-refractivity contribution in [3.63, 3.8) is 0 Å². The van der Waals surface area contributed by atoms with Crippen molar-refractivity contribution in [1.82, 2.24) is 5.32 Å². The largest absolute Gasteiger partial charge is 0.394 e. The van der Waals surface area contributed by atoms with Gasteiger partial charge in [0.1, 0.15) is 6.10 Å². The average molecular weight is 219 g/mol. The fourth-order valence-electron chi connectivity index (χ4n) is 1.68. The Kier molecular flexibility index (Phi) is 3.67. The van der Waals surface area contributed by atoms with E-state index >= 15 is 0 Å². The first-order valence-corrected chi connectivity index (χ1v) is 4.83. The Labute approximate surface area is 87.9 Å². The van der Waals surface area contributed by atoms with Crippen molar-refractivity contribution >= 4 is 5.91 Å². The van der Waals surface area contributed by atoms with E-state index in [4.69, 9.17) is 9.84 Å². The predicted octanol–water partition coefficient (Wildman–Crippen LogP) is -1.66. The van der Waals surface area contributed by atoms with Crippen LogP contribution in [0.25, 0.3) is 0 Å². The molecule has 1 fully saturated rings. The average Bonchev–Trinajstić information content (AvgIpc) is 2.10. The number of rotatable bonds is 2. The van der Waals surface area contributed by atoms with Gasteiger partial charge in [0.2, 0.25) is 5.91 Å². The van der Waals surface area contributed by atoms with Crippen LogP contribution in [0, 0.1) is 0 Å². The van der Waals surface area contributed by atoms with Gasteiger partial charge in [-0.25, -0.2) is 0 Å². The summed E-state index contributed by atoms with van der Waals surface area (Å²) < 4.78 is 5.09. The number of nitrogens with one attached hydrogen (secondary N) is 1. The number of amides is 1. The predicted molar refractivity (Wildman–Crippen MR) is 50.8 cm³/mol. The van der Waals surface area contributed by atoms with Crippen LogP contribution < -0.4 is 5.32 Å². The molecule has 0 aliphatic carbocycles. The van der Waals surface area contributed by atoms with Crippen molar-refractivity contribution in [2.75, 3.05) is 6.61 Å². The maximum atomic E-state index is 10.8. The lowest BCUT2D eigenvalue weighted by molar-refractivity contribution is -0.284. The van der Waals surface area contributed by atoms with Gasteiger partial charge in [0.05, 0.1) is 18.8 Å². The van der Waals surface area contributed by atoms with Gasteiger partial charge in [-0.1, -0.05) is 0 Å². The van der Waals surface area contributed by atoms with Crippen LogP contribution in [0.2, 0.25) is 0 Å². The van der Waals surface area contributed by atoms with Gasteiger partial charge in [-0.2, -0.15) is 0 Å². The molecule has 0 aromatic rings. The standard InChI is InChI=1S/C9H17NO5/c1-5(12)10-8-3-6(13)7(4-11)15-9(8,2)14/h6-8,11,13-14H,3-4H2,1-2H3,(H,10,12)/t6-,7+,8-,9?/m0/s1. The van der Waals surface area contributed by atoms with Crippen LogP contribution >= 0.6 is 0 Å². The second-order valence-electron chi connectivity index (χ2n) is 3.95. The number of ether oxygens (including phenoxy) is 1. The highest BCUT2D eigenvalue weighted by atomic mass is 16.6. The van der Waals surface area contributed by atoms with Crippen LogP contribution in [0.15, 0.2) is 0 Å². The molecule has 1 unspecified atom stereocenters. The highest BCUT2D eigenvalue weighted by Crippen LogP contribution is 2.26. The zero-order chi connectivity index (χ0) is 11.6. The molecule has 6 heteroatoms. The maximum absolute atomic E-state index is 10.8. The fourth-order valence-corrected chi connectivity index (χ4v) is 1.68. The van der Waals surface area contributed by atoms with Crippen LogP contribution in [0.5, 0.6) is 0 Å². The van der Waals surface area contributed by atoms with Gasteiger partial charge in [-0.05, 0) is 6.92 Å². The van der Waals surface area contributed by atoms with Crippen LogP contribution in [-0.2, 0) is 9.53 Å². The molecule has 0 aromatic carbocycles. The Morgan fingerprint density at radius 2 is 2.27 bits per heavy atom. The topological polar surface area (TPSA) is 99.0 Å². The van der Waals surface area contributed by atoms with E-state index in [9.17, 15) is 15.0 Å². The van der Waals surface area contributed by atoms with Crippen molar-refractivity contribution in [3.05, 3.63) is 0 Å². The molecule has 88 valence electrons. The fraction of sp³-hybridized carbons (Fsp3) is 0.889. The minimum Gasteiger partial charge on any atom is -0.394 e. The van der Waals surface area contributed by atoms with Crippen molar-refractivity contribution in [1.29, 1.82) is 0 Å². The van der Waals surface area contributed by atoms with E-state index < -0.39 is 24.0 Å². The third-order valence-electron chi connectivity index (χ3n) is 2.50. The summed E-state index contributed by atoms with van der Waals surface area (Å²) in [6.45, 7) is 2.34. The Balaban J connectivity index is 2.70. The van der Waals surface area contributed by atoms with E-state index in [1.165, 1.54) is 13.8 Å². The zero-order valence-electron chi connectivity index (χ0n) is 8.80. The lowest BCUT2D eigenvalue weighted by Crippen LogP contribution is -2.61. The van der Waals surface area contributed by atoms with Crippen LogP contribution in [-0.4, -0.2) is 51.9 Å². The molecule has 0 saturated carbocycles. The van der Waals surface area contributed by atoms with E-state index in [-0.39, 0.29) is 18.9 Å². The maximum Gasteiger partial charge on any atom is 0.217 e. The van der Waals surface area contributed by atoms with Gasteiger partial charge < -0.3 is 25.4 Å². The molecule has 6 nitrogen and oxygen atoms in total. The quantitative estimate of drug-likeness (QED) is 0.445. The number of hydrogen-bond acceptors (Lipinski definition) is 5. The van der Waals surface area contributed by atoms with Crippen molar-refractivity contribution < 1.29 is 24.9 Å². The number of aliphatic hydroxyl groups is 3. The molecule has 1 saturated heterocycles. The number of hydrogen-bond donors (Lipinski definition) is 4. The van der Waals surface area contributed by atoms with E-state index in [1.807, 2.05) is 0 Å². The molecular formula is C9H17NO5. The summed E-state index contributed by atoms with van der Waals surface area (Å²) in [5, 5.41) is 30.8. The highest BCUT2D eigenvalue weighted by molar-refractivity contribution is 5.73. The highest BCUT2D eigenvalue weighted by Gasteiger charge is 2.44. The summed E-state index contributed by atoms with van der Waals surface area (Å²) in [6.07, 6.45) is -1.56. The van der Waals surface area contributed by atoms with E-state index in [0.29, 0.717) is 0 Å². The van der Waals surface area contributed by atoms with Crippen LogP contribution in [0.4, 0.5) is 0 Å². The van der Waals surface area contributed by atoms with Gasteiger partial charge in [0.15, 0.2) is 5.79 Å². The molecule has 0 spiro atoms. The van der Waals surface area contributed by atoms with Gasteiger partial charge in [-0.15, -0.1) is 0 Å². The lowest BCUT2D eigenvalue weighted by atomic mass is 9.94. The molecule has 0 radical (unpaired) electrons. The molecular weight excluding hydrogens is 202 g/mol. The summed E-state index contributed by atoms with van der Waals surface area (Å²) >= 11 is 0. The molecule has 1 heterocycles. The van der Waals surface area contributed by atoms with Gasteiger partial charge in [0.25, 0.3) is 0 Å². The molecule has 4 atom stereocenters. The molecule has 1 aliphatic rings. The van der Waals surface area contributed by atoms with Crippen LogP contribution in [0.1, 0.15) is 20.3 Å². The molecule has 1 rings (SSSR count). The zero-order valence-corrected chi connectivity index (χ0v) is 8.80. The van der Waals surface area contributed by atoms with Crippen molar-refractivity contribution in [2.45, 2.75) is 44.3 Å². The first-order chi connectivity index (χ1) is 6.86. The first-order valence-electron chi connectivity index (χ1n) is 4.83. The van der Waals surface area contributed by atoms with Gasteiger partial charge in [-0.3, -0.25) is 4.79 Å². The number of carbonyl (C=O) groups excluding carboxylic acids is 1. The Hall–Kier alpha value is -0.690. The Morgan fingerprint density at radius 3 is 2.73 bits per heavy atom. The third-order valence-corrected chi connectivity index (χ3v) is 2.50. The van der Waals surface area contributed by atoms with Crippen LogP contribution in [0.3, 0.4) is 0 Å². The monoisotopic (exact) mass is 219 g/mol. The molecule has 4 N–H and O–H groups in total. The molecule has 0 bridgehead atoms. The summed E-state index contributed by atoms with van der Waals surface area (Å²) in [5.41, 5.74) is 0. The second-order valence-corrected chi connectivity index (χ2v) is 3.95. The molecule has 1 aliphatic heterocycles. The first kappa shape index (κ1) is 12.4. The number of aliphatic hydroxyl groups excluding tert-OH is 2. The summed E-state index contributed by atoms with van der Waals surface area (Å²) in [4.78, 5) is 10.8. The summed E-state index contributed by atoms with van der Waals surface area (Å²) in [5.74, 6) is -1.88. The molecule has 15 heavy (non-hydrogen) atoms. The smallest absolute Gasteiger partial charge is 0.217 e. The molecule has 0 aromatic heterocycles. The van der Waals surface area contributed by atoms with E-state index in [1.54, 1.807) is 0 Å². The Bertz CT molecular complexity index is 243. The number of carbonyl (C=O) groups is 1.